The first-order valence-corrected chi connectivity index (χ1v) is 12.5. The molecule has 208 valence electrons. The van der Waals surface area contributed by atoms with Crippen molar-refractivity contribution in [2.24, 2.45) is 0 Å². The normalized spacial score (nSPS) is 12.3. The summed E-state index contributed by atoms with van der Waals surface area (Å²) in [7, 11) is 3.47. The number of hydrogen-bond donors (Lipinski definition) is 3. The minimum Gasteiger partial charge on any atom is -0.462 e. The number of anilines is 6. The van der Waals surface area contributed by atoms with Crippen molar-refractivity contribution in [3.05, 3.63) is 59.8 Å². The molecule has 3 amide bonds. The molecule has 0 bridgehead atoms. The summed E-state index contributed by atoms with van der Waals surface area (Å²) in [5, 5.41) is 8.43. The first-order chi connectivity index (χ1) is 19.2. The Morgan fingerprint density at radius 1 is 0.875 bits per heavy atom. The van der Waals surface area contributed by atoms with Gasteiger partial charge < -0.3 is 35.2 Å². The topological polar surface area (TPSA) is 155 Å². The van der Waals surface area contributed by atoms with Crippen molar-refractivity contribution in [1.82, 2.24) is 9.97 Å². The van der Waals surface area contributed by atoms with E-state index in [1.165, 1.54) is 23.1 Å². The maximum Gasteiger partial charge on any atom is 0.338 e. The Morgan fingerprint density at radius 2 is 1.45 bits per heavy atom. The fourth-order valence-corrected chi connectivity index (χ4v) is 3.89. The molecule has 0 aliphatic carbocycles. The molecular weight excluding hydrogens is 518 g/mol. The summed E-state index contributed by atoms with van der Waals surface area (Å²) in [5.41, 5.74) is 2.21. The van der Waals surface area contributed by atoms with Crippen molar-refractivity contribution < 1.29 is 28.7 Å². The molecule has 2 aromatic carbocycles. The van der Waals surface area contributed by atoms with Crippen LogP contribution in [0.3, 0.4) is 0 Å². The summed E-state index contributed by atoms with van der Waals surface area (Å²) in [6.07, 6.45) is 1.59. The Hall–Kier alpha value is -5.20. The summed E-state index contributed by atoms with van der Waals surface area (Å²) in [5.74, 6) is -0.318. The van der Waals surface area contributed by atoms with Gasteiger partial charge in [-0.3, -0.25) is 4.79 Å². The van der Waals surface area contributed by atoms with E-state index >= 15 is 0 Å². The second-order valence-electron chi connectivity index (χ2n) is 8.73. The lowest BCUT2D eigenvalue weighted by molar-refractivity contribution is -0.117. The van der Waals surface area contributed by atoms with Gasteiger partial charge in [-0.25, -0.2) is 19.4 Å². The average Bonchev–Trinajstić information content (AvgIpc) is 2.93. The largest absolute Gasteiger partial charge is 0.462 e. The molecular formula is C27H29N7O6. The molecule has 13 nitrogen and oxygen atoms in total. The van der Waals surface area contributed by atoms with Crippen molar-refractivity contribution >= 4 is 58.4 Å². The maximum absolute atomic E-state index is 12.7. The number of esters is 2. The molecule has 0 spiro atoms. The molecule has 3 aromatic rings. The molecule has 0 unspecified atom stereocenters. The van der Waals surface area contributed by atoms with Crippen LogP contribution in [-0.4, -0.2) is 67.7 Å². The summed E-state index contributed by atoms with van der Waals surface area (Å²) in [6.45, 7) is 3.87. The number of aromatic nitrogens is 2. The van der Waals surface area contributed by atoms with Gasteiger partial charge in [0.15, 0.2) is 5.82 Å². The molecule has 0 saturated carbocycles. The molecule has 4 rings (SSSR count). The van der Waals surface area contributed by atoms with E-state index in [4.69, 9.17) is 9.47 Å². The van der Waals surface area contributed by atoms with E-state index < -0.39 is 18.0 Å². The lowest BCUT2D eigenvalue weighted by Crippen LogP contribution is -2.42. The zero-order valence-electron chi connectivity index (χ0n) is 22.5. The van der Waals surface area contributed by atoms with Crippen LogP contribution in [0.2, 0.25) is 0 Å². The van der Waals surface area contributed by atoms with E-state index in [-0.39, 0.29) is 42.5 Å². The first-order valence-electron chi connectivity index (χ1n) is 12.5. The number of carbonyl (C=O) groups excluding carboxylic acids is 4. The van der Waals surface area contributed by atoms with Gasteiger partial charge in [-0.1, -0.05) is 0 Å². The highest BCUT2D eigenvalue weighted by molar-refractivity contribution is 6.03. The molecule has 1 aliphatic heterocycles. The number of ether oxygens (including phenoxy) is 2. The average molecular weight is 548 g/mol. The van der Waals surface area contributed by atoms with E-state index in [0.29, 0.717) is 28.8 Å². The second kappa shape index (κ2) is 12.1. The maximum atomic E-state index is 12.7. The van der Waals surface area contributed by atoms with E-state index in [2.05, 4.69) is 25.9 Å². The van der Waals surface area contributed by atoms with Gasteiger partial charge in [-0.15, -0.1) is 0 Å². The fraction of sp³-hybridized carbons (Fsp3) is 0.259. The Balaban J connectivity index is 1.42. The minimum atomic E-state index is -0.629. The summed E-state index contributed by atoms with van der Waals surface area (Å²) < 4.78 is 10.0. The predicted molar refractivity (Wildman–Crippen MR) is 149 cm³/mol. The number of hydrogen-bond acceptors (Lipinski definition) is 10. The number of rotatable bonds is 8. The summed E-state index contributed by atoms with van der Waals surface area (Å²) in [6, 6.07) is 10.4. The molecule has 1 aliphatic rings. The minimum absolute atomic E-state index is 0.0439. The number of carbonyl (C=O) groups is 4. The van der Waals surface area contributed by atoms with Gasteiger partial charge in [0.2, 0.25) is 11.9 Å². The quantitative estimate of drug-likeness (QED) is 0.356. The van der Waals surface area contributed by atoms with Crippen LogP contribution in [0.4, 0.5) is 39.3 Å². The number of urea groups is 1. The zero-order chi connectivity index (χ0) is 28.8. The van der Waals surface area contributed by atoms with Crippen molar-refractivity contribution in [3.8, 4) is 0 Å². The van der Waals surface area contributed by atoms with E-state index in [1.54, 1.807) is 63.3 Å². The first kappa shape index (κ1) is 27.8. The molecule has 13 heteroatoms. The van der Waals surface area contributed by atoms with Crippen LogP contribution < -0.4 is 25.8 Å². The molecule has 0 atom stereocenters. The van der Waals surface area contributed by atoms with Crippen LogP contribution in [0.5, 0.6) is 0 Å². The van der Waals surface area contributed by atoms with Crippen molar-refractivity contribution in [3.63, 3.8) is 0 Å². The van der Waals surface area contributed by atoms with E-state index in [1.807, 2.05) is 0 Å². The Bertz CT molecular complexity index is 1410. The smallest absolute Gasteiger partial charge is 0.338 e. The second-order valence-corrected chi connectivity index (χ2v) is 8.73. The van der Waals surface area contributed by atoms with Crippen LogP contribution in [-0.2, 0) is 14.3 Å². The van der Waals surface area contributed by atoms with Crippen LogP contribution in [0.25, 0.3) is 0 Å². The number of likely N-dealkylation sites (N-methyl/N-ethyl adjacent to an activating group) is 2. The van der Waals surface area contributed by atoms with Gasteiger partial charge >= 0.3 is 18.0 Å². The van der Waals surface area contributed by atoms with Gasteiger partial charge in [0.05, 0.1) is 37.1 Å². The third-order valence-electron chi connectivity index (χ3n) is 5.83. The third kappa shape index (κ3) is 6.43. The Morgan fingerprint density at radius 3 is 2.05 bits per heavy atom. The molecule has 3 N–H and O–H groups in total. The SMILES string of the molecule is CCOC(=O)c1cc(NC(=O)Nc2ccc(Nc3ncc4c(n3)N(C)CC(=O)N4C)cc2)cc(C(=O)OCC)c1. The fourth-order valence-electron chi connectivity index (χ4n) is 3.89. The summed E-state index contributed by atoms with van der Waals surface area (Å²) in [4.78, 5) is 61.3. The monoisotopic (exact) mass is 547 g/mol. The molecule has 0 saturated heterocycles. The van der Waals surface area contributed by atoms with Crippen molar-refractivity contribution in [2.75, 3.05) is 59.6 Å². The lowest BCUT2D eigenvalue weighted by atomic mass is 10.1. The highest BCUT2D eigenvalue weighted by Crippen LogP contribution is 2.30. The number of amides is 3. The molecule has 0 fully saturated rings. The highest BCUT2D eigenvalue weighted by Gasteiger charge is 2.26. The Kier molecular flexibility index (Phi) is 8.42. The van der Waals surface area contributed by atoms with Gasteiger partial charge in [0, 0.05) is 31.2 Å². The standard InChI is InChI=1S/C27H29N7O6/c1-5-39-24(36)16-11-17(25(37)40-6-2)13-20(12-16)31-27(38)30-19-9-7-18(8-10-19)29-26-28-14-21-23(32-26)33(3)15-22(35)34(21)4/h7-14H,5-6,15H2,1-4H3,(H,28,29,32)(H2,30,31,38). The molecule has 2 heterocycles. The number of nitrogens with zero attached hydrogens (tertiary/aromatic N) is 4. The van der Waals surface area contributed by atoms with Gasteiger partial charge in [0.25, 0.3) is 0 Å². The van der Waals surface area contributed by atoms with Gasteiger partial charge in [-0.05, 0) is 56.3 Å². The van der Waals surface area contributed by atoms with Crippen LogP contribution >= 0.6 is 0 Å². The Labute approximate surface area is 230 Å². The van der Waals surface area contributed by atoms with Crippen LogP contribution in [0.1, 0.15) is 34.6 Å². The highest BCUT2D eigenvalue weighted by atomic mass is 16.5. The van der Waals surface area contributed by atoms with Crippen molar-refractivity contribution in [2.45, 2.75) is 13.8 Å². The van der Waals surface area contributed by atoms with Crippen LogP contribution in [0.15, 0.2) is 48.7 Å². The number of benzene rings is 2. The number of nitrogens with one attached hydrogen (secondary N) is 3. The van der Waals surface area contributed by atoms with E-state index in [0.717, 1.165) is 0 Å². The number of fused-ring (bicyclic) bond motifs is 1. The third-order valence-corrected chi connectivity index (χ3v) is 5.83. The molecule has 40 heavy (non-hydrogen) atoms. The van der Waals surface area contributed by atoms with Crippen LogP contribution in [0, 0.1) is 0 Å². The summed E-state index contributed by atoms with van der Waals surface area (Å²) >= 11 is 0. The molecule has 1 aromatic heterocycles. The zero-order valence-corrected chi connectivity index (χ0v) is 22.5. The molecule has 0 radical (unpaired) electrons. The van der Waals surface area contributed by atoms with E-state index in [9.17, 15) is 19.2 Å². The van der Waals surface area contributed by atoms with Gasteiger partial charge in [-0.2, -0.15) is 4.98 Å². The lowest BCUT2D eigenvalue weighted by Gasteiger charge is -2.31. The van der Waals surface area contributed by atoms with Crippen molar-refractivity contribution in [1.29, 1.82) is 0 Å². The predicted octanol–water partition coefficient (Wildman–Crippen LogP) is 3.63. The van der Waals surface area contributed by atoms with Gasteiger partial charge in [0.1, 0.15) is 5.69 Å².